The van der Waals surface area contributed by atoms with E-state index < -0.39 is 10.0 Å². The van der Waals surface area contributed by atoms with Gasteiger partial charge in [0.15, 0.2) is 0 Å². The minimum atomic E-state index is -3.55. The molecule has 0 bridgehead atoms. The normalized spacial score (nSPS) is 19.1. The smallest absolute Gasteiger partial charge is 0.243 e. The Bertz CT molecular complexity index is 786. The molecule has 1 atom stereocenters. The number of para-hydroxylation sites is 1. The molecule has 1 aliphatic rings. The van der Waals surface area contributed by atoms with Crippen LogP contribution in [0.4, 0.5) is 0 Å². The highest BCUT2D eigenvalue weighted by Crippen LogP contribution is 2.34. The molecule has 0 N–H and O–H groups in total. The van der Waals surface area contributed by atoms with Crippen molar-refractivity contribution in [2.24, 2.45) is 0 Å². The highest BCUT2D eigenvalue weighted by molar-refractivity contribution is 7.89. The van der Waals surface area contributed by atoms with Crippen LogP contribution in [0.3, 0.4) is 0 Å². The van der Waals surface area contributed by atoms with E-state index in [-0.39, 0.29) is 6.04 Å². The summed E-state index contributed by atoms with van der Waals surface area (Å²) in [5, 5.41) is 0. The van der Waals surface area contributed by atoms with Crippen LogP contribution in [-0.2, 0) is 10.0 Å². The average Bonchev–Trinajstić information content (AvgIpc) is 2.67. The summed E-state index contributed by atoms with van der Waals surface area (Å²) in [6, 6.07) is 14.4. The predicted octanol–water partition coefficient (Wildman–Crippen LogP) is 3.14. The standard InChI is InChI=1S/C17H19NO3S/c1-13-6-5-7-15(12-13)22(19,20)18-10-11-21-17-9-4-3-8-16(17)14(18)2/h3-9,12,14H,10-11H2,1-2H3. The topological polar surface area (TPSA) is 46.6 Å². The molecule has 3 rings (SSSR count). The minimum absolute atomic E-state index is 0.260. The summed E-state index contributed by atoms with van der Waals surface area (Å²) in [6.07, 6.45) is 0. The molecule has 22 heavy (non-hydrogen) atoms. The monoisotopic (exact) mass is 317 g/mol. The maximum absolute atomic E-state index is 13.0. The van der Waals surface area contributed by atoms with Crippen LogP contribution in [0.25, 0.3) is 0 Å². The van der Waals surface area contributed by atoms with Gasteiger partial charge in [-0.15, -0.1) is 0 Å². The summed E-state index contributed by atoms with van der Waals surface area (Å²) in [6.45, 7) is 4.49. The maximum atomic E-state index is 13.0. The summed E-state index contributed by atoms with van der Waals surface area (Å²) in [4.78, 5) is 0.332. The van der Waals surface area contributed by atoms with E-state index in [1.165, 1.54) is 4.31 Å². The van der Waals surface area contributed by atoms with Crippen molar-refractivity contribution in [3.8, 4) is 5.75 Å². The molecule has 0 fully saturated rings. The lowest BCUT2D eigenvalue weighted by molar-refractivity contribution is 0.278. The second-order valence-corrected chi connectivity index (χ2v) is 7.39. The lowest BCUT2D eigenvalue weighted by atomic mass is 10.1. The number of aryl methyl sites for hydroxylation is 1. The van der Waals surface area contributed by atoms with Gasteiger partial charge in [-0.05, 0) is 37.6 Å². The summed E-state index contributed by atoms with van der Waals surface area (Å²) < 4.78 is 33.2. The van der Waals surface area contributed by atoms with Gasteiger partial charge in [0.25, 0.3) is 0 Å². The van der Waals surface area contributed by atoms with Crippen molar-refractivity contribution in [2.45, 2.75) is 24.8 Å². The van der Waals surface area contributed by atoms with Crippen molar-refractivity contribution >= 4 is 10.0 Å². The fraction of sp³-hybridized carbons (Fsp3) is 0.294. The molecule has 2 aromatic carbocycles. The summed E-state index contributed by atoms with van der Waals surface area (Å²) in [5.74, 6) is 0.761. The number of fused-ring (bicyclic) bond motifs is 1. The molecule has 0 radical (unpaired) electrons. The second-order valence-electron chi connectivity index (χ2n) is 5.49. The highest BCUT2D eigenvalue weighted by Gasteiger charge is 2.33. The zero-order valence-electron chi connectivity index (χ0n) is 12.7. The first kappa shape index (κ1) is 15.1. The third kappa shape index (κ3) is 2.62. The van der Waals surface area contributed by atoms with Gasteiger partial charge >= 0.3 is 0 Å². The molecule has 1 aliphatic heterocycles. The van der Waals surface area contributed by atoms with Gasteiger partial charge in [-0.2, -0.15) is 4.31 Å². The van der Waals surface area contributed by atoms with E-state index in [2.05, 4.69) is 0 Å². The Morgan fingerprint density at radius 1 is 1.14 bits per heavy atom. The van der Waals surface area contributed by atoms with Gasteiger partial charge in [0.1, 0.15) is 12.4 Å². The Hall–Kier alpha value is -1.85. The third-order valence-electron chi connectivity index (χ3n) is 3.97. The van der Waals surface area contributed by atoms with Crippen molar-refractivity contribution in [3.05, 3.63) is 59.7 Å². The van der Waals surface area contributed by atoms with Crippen molar-refractivity contribution in [1.29, 1.82) is 0 Å². The van der Waals surface area contributed by atoms with Crippen LogP contribution in [0.5, 0.6) is 5.75 Å². The average molecular weight is 317 g/mol. The fourth-order valence-corrected chi connectivity index (χ4v) is 4.49. The Morgan fingerprint density at radius 3 is 2.68 bits per heavy atom. The molecular weight excluding hydrogens is 298 g/mol. The van der Waals surface area contributed by atoms with Gasteiger partial charge in [0, 0.05) is 12.1 Å². The van der Waals surface area contributed by atoms with Crippen LogP contribution in [0, 0.1) is 6.92 Å². The van der Waals surface area contributed by atoms with Crippen molar-refractivity contribution < 1.29 is 13.2 Å². The van der Waals surface area contributed by atoms with E-state index in [4.69, 9.17) is 4.74 Å². The highest BCUT2D eigenvalue weighted by atomic mass is 32.2. The summed E-state index contributed by atoms with van der Waals surface area (Å²) in [5.41, 5.74) is 1.83. The molecular formula is C17H19NO3S. The molecule has 0 saturated carbocycles. The number of hydrogen-bond donors (Lipinski definition) is 0. The molecule has 0 aromatic heterocycles. The van der Waals surface area contributed by atoms with Gasteiger partial charge < -0.3 is 4.74 Å². The van der Waals surface area contributed by atoms with E-state index in [1.54, 1.807) is 18.2 Å². The number of benzene rings is 2. The number of hydrogen-bond acceptors (Lipinski definition) is 3. The van der Waals surface area contributed by atoms with Crippen LogP contribution in [-0.4, -0.2) is 25.9 Å². The Labute approximate surface area is 131 Å². The van der Waals surface area contributed by atoms with Crippen molar-refractivity contribution in [2.75, 3.05) is 13.2 Å². The first-order chi connectivity index (χ1) is 10.5. The van der Waals surface area contributed by atoms with E-state index in [1.807, 2.05) is 44.2 Å². The molecule has 2 aromatic rings. The van der Waals surface area contributed by atoms with Crippen LogP contribution in [0.15, 0.2) is 53.4 Å². The zero-order valence-corrected chi connectivity index (χ0v) is 13.5. The Morgan fingerprint density at radius 2 is 1.91 bits per heavy atom. The predicted molar refractivity (Wildman–Crippen MR) is 85.4 cm³/mol. The van der Waals surface area contributed by atoms with Gasteiger partial charge in [-0.1, -0.05) is 30.3 Å². The molecule has 0 aliphatic carbocycles. The number of ether oxygens (including phenoxy) is 1. The maximum Gasteiger partial charge on any atom is 0.243 e. The number of rotatable bonds is 2. The van der Waals surface area contributed by atoms with Crippen molar-refractivity contribution in [3.63, 3.8) is 0 Å². The van der Waals surface area contributed by atoms with Gasteiger partial charge in [-0.25, -0.2) is 8.42 Å². The van der Waals surface area contributed by atoms with Crippen LogP contribution >= 0.6 is 0 Å². The molecule has 0 saturated heterocycles. The molecule has 0 amide bonds. The van der Waals surface area contributed by atoms with Crippen molar-refractivity contribution in [1.82, 2.24) is 4.31 Å². The second kappa shape index (κ2) is 5.74. The summed E-state index contributed by atoms with van der Waals surface area (Å²) >= 11 is 0. The lowest BCUT2D eigenvalue weighted by Gasteiger charge is -2.26. The van der Waals surface area contributed by atoms with Gasteiger partial charge in [0.2, 0.25) is 10.0 Å². The number of nitrogens with zero attached hydrogens (tertiary/aromatic N) is 1. The van der Waals surface area contributed by atoms with E-state index in [0.29, 0.717) is 18.0 Å². The molecule has 1 heterocycles. The quantitative estimate of drug-likeness (QED) is 0.855. The fourth-order valence-electron chi connectivity index (χ4n) is 2.79. The van der Waals surface area contributed by atoms with Crippen LogP contribution < -0.4 is 4.74 Å². The number of sulfonamides is 1. The van der Waals surface area contributed by atoms with Gasteiger partial charge in [0.05, 0.1) is 10.9 Å². The molecule has 4 nitrogen and oxygen atoms in total. The molecule has 5 heteroatoms. The zero-order chi connectivity index (χ0) is 15.7. The van der Waals surface area contributed by atoms with Crippen LogP contribution in [0.2, 0.25) is 0 Å². The Kier molecular flexibility index (Phi) is 3.93. The van der Waals surface area contributed by atoms with Crippen LogP contribution in [0.1, 0.15) is 24.1 Å². The SMILES string of the molecule is Cc1cccc(S(=O)(=O)N2CCOc3ccccc3C2C)c1. The van der Waals surface area contributed by atoms with E-state index in [0.717, 1.165) is 16.9 Å². The molecule has 116 valence electrons. The lowest BCUT2D eigenvalue weighted by Crippen LogP contribution is -2.35. The van der Waals surface area contributed by atoms with E-state index in [9.17, 15) is 8.42 Å². The molecule has 1 unspecified atom stereocenters. The largest absolute Gasteiger partial charge is 0.492 e. The first-order valence-electron chi connectivity index (χ1n) is 7.30. The van der Waals surface area contributed by atoms with E-state index >= 15 is 0 Å². The summed E-state index contributed by atoms with van der Waals surface area (Å²) in [7, 11) is -3.55. The molecule has 0 spiro atoms. The first-order valence-corrected chi connectivity index (χ1v) is 8.74. The minimum Gasteiger partial charge on any atom is -0.492 e. The van der Waals surface area contributed by atoms with Gasteiger partial charge in [-0.3, -0.25) is 0 Å². The Balaban J connectivity index is 2.04. The third-order valence-corrected chi connectivity index (χ3v) is 5.93.